The summed E-state index contributed by atoms with van der Waals surface area (Å²) in [5, 5.41) is 27.8. The predicted octanol–water partition coefficient (Wildman–Crippen LogP) is 2.10. The van der Waals surface area contributed by atoms with E-state index in [0.29, 0.717) is 5.39 Å². The second-order valence-electron chi connectivity index (χ2n) is 3.81. The van der Waals surface area contributed by atoms with Gasteiger partial charge in [-0.3, -0.25) is 0 Å². The summed E-state index contributed by atoms with van der Waals surface area (Å²) in [7, 11) is 0. The van der Waals surface area contributed by atoms with Crippen molar-refractivity contribution in [3.63, 3.8) is 0 Å². The van der Waals surface area contributed by atoms with Crippen LogP contribution in [0.2, 0.25) is 0 Å². The third kappa shape index (κ3) is 2.29. The Morgan fingerprint density at radius 1 is 0.800 bits per heavy atom. The van der Waals surface area contributed by atoms with Gasteiger partial charge >= 0.3 is 17.9 Å². The van der Waals surface area contributed by atoms with Gasteiger partial charge in [0.2, 0.25) is 0 Å². The van der Waals surface area contributed by atoms with E-state index in [4.69, 9.17) is 15.3 Å². The summed E-state index contributed by atoms with van der Waals surface area (Å²) >= 11 is 0. The first-order valence-corrected chi connectivity index (χ1v) is 5.19. The highest BCUT2D eigenvalue weighted by atomic mass is 16.4. The fourth-order valence-electron chi connectivity index (χ4n) is 1.96. The summed E-state index contributed by atoms with van der Waals surface area (Å²) in [6.45, 7) is 0. The number of carbonyl (C=O) groups is 3. The molecule has 2 aromatic rings. The lowest BCUT2D eigenvalue weighted by Crippen LogP contribution is -2.15. The van der Waals surface area contributed by atoms with Crippen molar-refractivity contribution in [3.05, 3.63) is 47.0 Å². The Morgan fingerprint density at radius 2 is 1.35 bits per heavy atom. The van der Waals surface area contributed by atoms with E-state index in [-0.39, 0.29) is 11.5 Å². The SMILES string of the molecule is N.O=C(O)c1cc2ccccc2c(C(=O)O)c1C(=O)O. The van der Waals surface area contributed by atoms with E-state index < -0.39 is 34.6 Å². The third-order valence-electron chi connectivity index (χ3n) is 2.71. The summed E-state index contributed by atoms with van der Waals surface area (Å²) < 4.78 is 0. The predicted molar refractivity (Wildman–Crippen MR) is 69.8 cm³/mol. The average Bonchev–Trinajstić information content (AvgIpc) is 2.35. The molecular weight excluding hydrogens is 266 g/mol. The van der Waals surface area contributed by atoms with Crippen LogP contribution in [0.15, 0.2) is 30.3 Å². The van der Waals surface area contributed by atoms with E-state index in [1.54, 1.807) is 12.1 Å². The van der Waals surface area contributed by atoms with Crippen LogP contribution in [-0.2, 0) is 0 Å². The van der Waals surface area contributed by atoms with Crippen LogP contribution in [0, 0.1) is 0 Å². The molecule has 0 saturated carbocycles. The second-order valence-corrected chi connectivity index (χ2v) is 3.81. The maximum atomic E-state index is 11.3. The number of fused-ring (bicyclic) bond motifs is 1. The molecule has 0 heterocycles. The molecule has 0 aliphatic rings. The molecule has 0 atom stereocenters. The van der Waals surface area contributed by atoms with Crippen LogP contribution in [0.1, 0.15) is 31.1 Å². The molecule has 0 saturated heterocycles. The normalized spacial score (nSPS) is 9.80. The minimum absolute atomic E-state index is 0. The first-order chi connectivity index (χ1) is 8.93. The number of hydrogen-bond acceptors (Lipinski definition) is 4. The Hall–Kier alpha value is -2.93. The molecule has 6 N–H and O–H groups in total. The van der Waals surface area contributed by atoms with Gasteiger partial charge in [0.15, 0.2) is 0 Å². The molecule has 20 heavy (non-hydrogen) atoms. The highest BCUT2D eigenvalue weighted by molar-refractivity contribution is 6.16. The van der Waals surface area contributed by atoms with Crippen LogP contribution in [0.4, 0.5) is 0 Å². The summed E-state index contributed by atoms with van der Waals surface area (Å²) in [6, 6.07) is 7.30. The fourth-order valence-corrected chi connectivity index (χ4v) is 1.96. The van der Waals surface area contributed by atoms with Crippen LogP contribution in [0.3, 0.4) is 0 Å². The molecule has 2 rings (SSSR count). The smallest absolute Gasteiger partial charge is 0.337 e. The van der Waals surface area contributed by atoms with Gasteiger partial charge in [0, 0.05) is 0 Å². The Bertz CT molecular complexity index is 722. The van der Waals surface area contributed by atoms with Gasteiger partial charge in [0.05, 0.1) is 16.7 Å². The lowest BCUT2D eigenvalue weighted by atomic mass is 9.94. The lowest BCUT2D eigenvalue weighted by Gasteiger charge is -2.09. The van der Waals surface area contributed by atoms with Gasteiger partial charge in [-0.05, 0) is 16.8 Å². The number of aromatic carboxylic acids is 3. The van der Waals surface area contributed by atoms with Crippen LogP contribution < -0.4 is 6.15 Å². The highest BCUT2D eigenvalue weighted by Gasteiger charge is 2.26. The maximum absolute atomic E-state index is 11.3. The van der Waals surface area contributed by atoms with Gasteiger partial charge in [0.1, 0.15) is 0 Å². The van der Waals surface area contributed by atoms with Crippen LogP contribution in [0.25, 0.3) is 10.8 Å². The average molecular weight is 277 g/mol. The zero-order chi connectivity index (χ0) is 14.2. The Morgan fingerprint density at radius 3 is 1.85 bits per heavy atom. The number of carboxylic acid groups (broad SMARTS) is 3. The number of rotatable bonds is 3. The molecule has 0 bridgehead atoms. The van der Waals surface area contributed by atoms with E-state index in [1.807, 2.05) is 0 Å². The molecule has 2 aromatic carbocycles. The van der Waals surface area contributed by atoms with Crippen molar-refractivity contribution < 1.29 is 29.7 Å². The van der Waals surface area contributed by atoms with Crippen LogP contribution in [-0.4, -0.2) is 33.2 Å². The fraction of sp³-hybridized carbons (Fsp3) is 0. The minimum atomic E-state index is -1.58. The van der Waals surface area contributed by atoms with Gasteiger partial charge in [0.25, 0.3) is 0 Å². The molecule has 0 aromatic heterocycles. The molecule has 0 aliphatic heterocycles. The molecule has 104 valence electrons. The third-order valence-corrected chi connectivity index (χ3v) is 2.71. The van der Waals surface area contributed by atoms with Crippen LogP contribution >= 0.6 is 0 Å². The zero-order valence-corrected chi connectivity index (χ0v) is 10.2. The first kappa shape index (κ1) is 15.1. The number of hydrogen-bond donors (Lipinski definition) is 4. The molecule has 7 heteroatoms. The van der Waals surface area contributed by atoms with Crippen molar-refractivity contribution in [3.8, 4) is 0 Å². The van der Waals surface area contributed by atoms with Crippen molar-refractivity contribution >= 4 is 28.7 Å². The zero-order valence-electron chi connectivity index (χ0n) is 10.2. The van der Waals surface area contributed by atoms with Gasteiger partial charge in [-0.2, -0.15) is 0 Å². The molecule has 0 amide bonds. The summed E-state index contributed by atoms with van der Waals surface area (Å²) in [6.07, 6.45) is 0. The molecule has 0 unspecified atom stereocenters. The van der Waals surface area contributed by atoms with Gasteiger partial charge in [-0.25, -0.2) is 14.4 Å². The van der Waals surface area contributed by atoms with E-state index in [0.717, 1.165) is 6.07 Å². The Kier molecular flexibility index (Phi) is 4.06. The van der Waals surface area contributed by atoms with E-state index in [9.17, 15) is 14.4 Å². The lowest BCUT2D eigenvalue weighted by molar-refractivity contribution is 0.0634. The Balaban J connectivity index is 0.00000200. The second kappa shape index (κ2) is 5.37. The Labute approximate surface area is 112 Å². The van der Waals surface area contributed by atoms with Crippen molar-refractivity contribution in [1.82, 2.24) is 6.15 Å². The molecule has 0 spiro atoms. The van der Waals surface area contributed by atoms with Crippen molar-refractivity contribution in [2.75, 3.05) is 0 Å². The van der Waals surface area contributed by atoms with E-state index in [2.05, 4.69) is 0 Å². The largest absolute Gasteiger partial charge is 0.478 e. The van der Waals surface area contributed by atoms with Crippen molar-refractivity contribution in [2.45, 2.75) is 0 Å². The molecular formula is C13H11NO6. The quantitative estimate of drug-likeness (QED) is 0.671. The molecule has 0 radical (unpaired) electrons. The van der Waals surface area contributed by atoms with Gasteiger partial charge in [-0.15, -0.1) is 0 Å². The van der Waals surface area contributed by atoms with Crippen molar-refractivity contribution in [2.24, 2.45) is 0 Å². The monoisotopic (exact) mass is 277 g/mol. The first-order valence-electron chi connectivity index (χ1n) is 5.19. The standard InChI is InChI=1S/C13H8O6.H3N/c14-11(15)8-5-6-3-1-2-4-7(6)9(12(16)17)10(8)13(18)19;/h1-5H,(H,14,15)(H,16,17)(H,18,19);1H3. The molecule has 7 nitrogen and oxygen atoms in total. The minimum Gasteiger partial charge on any atom is -0.478 e. The molecule has 0 aliphatic carbocycles. The highest BCUT2D eigenvalue weighted by Crippen LogP contribution is 2.26. The summed E-state index contributed by atoms with van der Waals surface area (Å²) in [5.74, 6) is -4.54. The maximum Gasteiger partial charge on any atom is 0.337 e. The van der Waals surface area contributed by atoms with Gasteiger partial charge in [-0.1, -0.05) is 24.3 Å². The summed E-state index contributed by atoms with van der Waals surface area (Å²) in [4.78, 5) is 33.5. The van der Waals surface area contributed by atoms with Crippen molar-refractivity contribution in [1.29, 1.82) is 0 Å². The van der Waals surface area contributed by atoms with E-state index in [1.165, 1.54) is 12.1 Å². The number of benzene rings is 2. The van der Waals surface area contributed by atoms with Crippen LogP contribution in [0.5, 0.6) is 0 Å². The van der Waals surface area contributed by atoms with Gasteiger partial charge < -0.3 is 21.5 Å². The summed E-state index contributed by atoms with van der Waals surface area (Å²) in [5.41, 5.74) is -1.76. The van der Waals surface area contributed by atoms with E-state index >= 15 is 0 Å². The molecule has 0 fully saturated rings. The number of carboxylic acids is 3. The topological polar surface area (TPSA) is 147 Å².